The molecule has 0 radical (unpaired) electrons. The van der Waals surface area contributed by atoms with Gasteiger partial charge in [-0.1, -0.05) is 60.7 Å². The first-order chi connectivity index (χ1) is 15.9. The van der Waals surface area contributed by atoms with Crippen molar-refractivity contribution in [1.82, 2.24) is 10.3 Å². The number of ether oxygens (including phenoxy) is 2. The third kappa shape index (κ3) is 5.11. The molecule has 0 fully saturated rings. The standard InChI is InChI=1S/C25H27N3O5/c1-4-32-22(29)16-21(23(30)33-5-2)26-25(20-14-10-7-11-15-20)18(3)27-28(24(25)31)17-19-12-8-6-9-13-19/h6-16,26H,4-5,17H2,1-3H3/b21-16+. The molecule has 1 aliphatic rings. The SMILES string of the molecule is CCOC(=O)/C=C(/NC1(c2ccccc2)C(=O)N(Cc2ccccc2)N=C1C)C(=O)OCC. The Hall–Kier alpha value is -3.94. The first kappa shape index (κ1) is 23.7. The van der Waals surface area contributed by atoms with Crippen molar-refractivity contribution in [3.05, 3.63) is 83.6 Å². The molecular weight excluding hydrogens is 422 g/mol. The summed E-state index contributed by atoms with van der Waals surface area (Å²) >= 11 is 0. The quantitative estimate of drug-likeness (QED) is 0.467. The van der Waals surface area contributed by atoms with E-state index in [1.807, 2.05) is 36.4 Å². The van der Waals surface area contributed by atoms with Gasteiger partial charge in [0, 0.05) is 0 Å². The van der Waals surface area contributed by atoms with Crippen molar-refractivity contribution in [3.8, 4) is 0 Å². The van der Waals surface area contributed by atoms with Crippen LogP contribution in [0.1, 0.15) is 31.9 Å². The van der Waals surface area contributed by atoms with E-state index < -0.39 is 17.5 Å². The number of nitrogens with one attached hydrogen (secondary N) is 1. The Morgan fingerprint density at radius 3 is 2.21 bits per heavy atom. The van der Waals surface area contributed by atoms with Crippen molar-refractivity contribution in [2.75, 3.05) is 13.2 Å². The molecule has 0 aromatic heterocycles. The summed E-state index contributed by atoms with van der Waals surface area (Å²) in [5.74, 6) is -1.88. The van der Waals surface area contributed by atoms with E-state index in [4.69, 9.17) is 9.47 Å². The molecule has 0 aliphatic carbocycles. The summed E-state index contributed by atoms with van der Waals surface area (Å²) < 4.78 is 10.1. The van der Waals surface area contributed by atoms with Gasteiger partial charge < -0.3 is 14.8 Å². The normalized spacial score (nSPS) is 18.0. The average molecular weight is 450 g/mol. The molecule has 3 rings (SSSR count). The number of esters is 2. The number of hydrazone groups is 1. The molecule has 2 aromatic rings. The summed E-state index contributed by atoms with van der Waals surface area (Å²) in [5, 5.41) is 8.87. The minimum absolute atomic E-state index is 0.0974. The van der Waals surface area contributed by atoms with Gasteiger partial charge in [-0.05, 0) is 31.9 Å². The first-order valence-electron chi connectivity index (χ1n) is 10.7. The van der Waals surface area contributed by atoms with Crippen LogP contribution in [0, 0.1) is 0 Å². The van der Waals surface area contributed by atoms with E-state index in [1.165, 1.54) is 5.01 Å². The van der Waals surface area contributed by atoms with Crippen LogP contribution in [0.15, 0.2) is 77.5 Å². The monoisotopic (exact) mass is 449 g/mol. The van der Waals surface area contributed by atoms with Crippen molar-refractivity contribution in [3.63, 3.8) is 0 Å². The highest BCUT2D eigenvalue weighted by Gasteiger charge is 2.51. The lowest BCUT2D eigenvalue weighted by molar-refractivity contribution is -0.142. The molecular formula is C25H27N3O5. The Kier molecular flexibility index (Phi) is 7.61. The molecule has 1 atom stereocenters. The number of benzene rings is 2. The van der Waals surface area contributed by atoms with Crippen LogP contribution in [0.25, 0.3) is 0 Å². The van der Waals surface area contributed by atoms with E-state index in [-0.39, 0.29) is 31.4 Å². The van der Waals surface area contributed by atoms with Gasteiger partial charge in [-0.25, -0.2) is 14.6 Å². The lowest BCUT2D eigenvalue weighted by atomic mass is 9.84. The largest absolute Gasteiger partial charge is 0.463 e. The fraction of sp³-hybridized carbons (Fsp3) is 0.280. The van der Waals surface area contributed by atoms with Gasteiger partial charge in [0.1, 0.15) is 5.70 Å². The minimum atomic E-state index is -1.50. The zero-order valence-electron chi connectivity index (χ0n) is 18.9. The van der Waals surface area contributed by atoms with Gasteiger partial charge in [0.15, 0.2) is 5.54 Å². The highest BCUT2D eigenvalue weighted by atomic mass is 16.5. The third-order valence-corrected chi connectivity index (χ3v) is 5.12. The second-order valence-electron chi connectivity index (χ2n) is 7.31. The van der Waals surface area contributed by atoms with Gasteiger partial charge in [0.05, 0.1) is 31.5 Å². The van der Waals surface area contributed by atoms with Crippen LogP contribution in [0.2, 0.25) is 0 Å². The number of carbonyl (C=O) groups is 3. The number of carbonyl (C=O) groups excluding carboxylic acids is 3. The third-order valence-electron chi connectivity index (χ3n) is 5.12. The number of nitrogens with zero attached hydrogens (tertiary/aromatic N) is 2. The van der Waals surface area contributed by atoms with Gasteiger partial charge in [-0.2, -0.15) is 5.10 Å². The van der Waals surface area contributed by atoms with Gasteiger partial charge in [-0.15, -0.1) is 0 Å². The summed E-state index contributed by atoms with van der Waals surface area (Å²) in [6.45, 7) is 5.51. The van der Waals surface area contributed by atoms with Crippen LogP contribution in [0.5, 0.6) is 0 Å². The molecule has 0 saturated carbocycles. The van der Waals surface area contributed by atoms with Crippen LogP contribution < -0.4 is 5.32 Å². The van der Waals surface area contributed by atoms with Crippen molar-refractivity contribution < 1.29 is 23.9 Å². The van der Waals surface area contributed by atoms with Crippen molar-refractivity contribution in [1.29, 1.82) is 0 Å². The van der Waals surface area contributed by atoms with E-state index in [0.29, 0.717) is 11.3 Å². The molecule has 1 N–H and O–H groups in total. The zero-order valence-corrected chi connectivity index (χ0v) is 18.9. The van der Waals surface area contributed by atoms with Crippen molar-refractivity contribution >= 4 is 23.6 Å². The maximum Gasteiger partial charge on any atom is 0.354 e. The van der Waals surface area contributed by atoms with Crippen LogP contribution in [-0.2, 0) is 35.9 Å². The fourth-order valence-corrected chi connectivity index (χ4v) is 3.61. The molecule has 8 heteroatoms. The summed E-state index contributed by atoms with van der Waals surface area (Å²) in [6.07, 6.45) is 1.01. The lowest BCUT2D eigenvalue weighted by Gasteiger charge is -2.31. The Bertz CT molecular complexity index is 1070. The molecule has 0 saturated heterocycles. The molecule has 0 spiro atoms. The van der Waals surface area contributed by atoms with E-state index in [0.717, 1.165) is 11.6 Å². The van der Waals surface area contributed by atoms with E-state index in [2.05, 4.69) is 10.4 Å². The summed E-state index contributed by atoms with van der Waals surface area (Å²) in [7, 11) is 0. The molecule has 1 unspecified atom stereocenters. The van der Waals surface area contributed by atoms with Gasteiger partial charge >= 0.3 is 11.9 Å². The zero-order chi connectivity index (χ0) is 23.8. The van der Waals surface area contributed by atoms with E-state index in [1.54, 1.807) is 45.0 Å². The highest BCUT2D eigenvalue weighted by Crippen LogP contribution is 2.33. The molecule has 8 nitrogen and oxygen atoms in total. The average Bonchev–Trinajstić information content (AvgIpc) is 3.05. The number of amides is 1. The topological polar surface area (TPSA) is 97.3 Å². The highest BCUT2D eigenvalue weighted by molar-refractivity contribution is 6.17. The van der Waals surface area contributed by atoms with Crippen molar-refractivity contribution in [2.45, 2.75) is 32.9 Å². The smallest absolute Gasteiger partial charge is 0.354 e. The fourth-order valence-electron chi connectivity index (χ4n) is 3.61. The predicted molar refractivity (Wildman–Crippen MR) is 123 cm³/mol. The van der Waals surface area contributed by atoms with E-state index >= 15 is 0 Å². The Balaban J connectivity index is 2.06. The van der Waals surface area contributed by atoms with Gasteiger partial charge in [-0.3, -0.25) is 4.79 Å². The van der Waals surface area contributed by atoms with Crippen LogP contribution in [0.4, 0.5) is 0 Å². The Morgan fingerprint density at radius 2 is 1.61 bits per heavy atom. The summed E-state index contributed by atoms with van der Waals surface area (Å²) in [6, 6.07) is 18.4. The van der Waals surface area contributed by atoms with Crippen LogP contribution >= 0.6 is 0 Å². The van der Waals surface area contributed by atoms with Crippen LogP contribution in [-0.4, -0.2) is 41.8 Å². The second-order valence-corrected chi connectivity index (χ2v) is 7.31. The molecule has 0 bridgehead atoms. The lowest BCUT2D eigenvalue weighted by Crippen LogP contribution is -2.55. The number of rotatable bonds is 9. The second kappa shape index (κ2) is 10.6. The number of hydrogen-bond donors (Lipinski definition) is 1. The minimum Gasteiger partial charge on any atom is -0.463 e. The maximum absolute atomic E-state index is 13.8. The molecule has 172 valence electrons. The van der Waals surface area contributed by atoms with E-state index in [9.17, 15) is 14.4 Å². The molecule has 1 aliphatic heterocycles. The van der Waals surface area contributed by atoms with Crippen molar-refractivity contribution in [2.24, 2.45) is 5.10 Å². The number of hydrogen-bond acceptors (Lipinski definition) is 7. The molecule has 1 amide bonds. The maximum atomic E-state index is 13.8. The van der Waals surface area contributed by atoms with Gasteiger partial charge in [0.2, 0.25) is 0 Å². The molecule has 33 heavy (non-hydrogen) atoms. The first-order valence-corrected chi connectivity index (χ1v) is 10.7. The Labute approximate surface area is 192 Å². The predicted octanol–water partition coefficient (Wildman–Crippen LogP) is 2.90. The Morgan fingerprint density at radius 1 is 1.00 bits per heavy atom. The summed E-state index contributed by atoms with van der Waals surface area (Å²) in [5.41, 5.74) is 0.211. The van der Waals surface area contributed by atoms with Gasteiger partial charge in [0.25, 0.3) is 5.91 Å². The molecule has 1 heterocycles. The summed E-state index contributed by atoms with van der Waals surface area (Å²) in [4.78, 5) is 38.7. The molecule has 2 aromatic carbocycles. The van der Waals surface area contributed by atoms with Crippen LogP contribution in [0.3, 0.4) is 0 Å².